The Balaban J connectivity index is 2.36. The maximum atomic E-state index is 14.5. The van der Waals surface area contributed by atoms with Gasteiger partial charge in [0.1, 0.15) is 11.4 Å². The maximum Gasteiger partial charge on any atom is 0.158 e. The molecule has 2 atom stereocenters. The zero-order chi connectivity index (χ0) is 10.9. The largest absolute Gasteiger partial charge is 0.495 e. The number of rotatable bonds is 2. The molecule has 1 aromatic heterocycles. The lowest BCUT2D eigenvalue weighted by Crippen LogP contribution is -2.23. The summed E-state index contributed by atoms with van der Waals surface area (Å²) in [6.07, 6.45) is 3.06. The van der Waals surface area contributed by atoms with Gasteiger partial charge in [0.15, 0.2) is 5.67 Å². The molecule has 0 saturated heterocycles. The molecule has 0 radical (unpaired) electrons. The van der Waals surface area contributed by atoms with Gasteiger partial charge in [-0.2, -0.15) is 0 Å². The van der Waals surface area contributed by atoms with Crippen molar-refractivity contribution in [1.29, 1.82) is 0 Å². The van der Waals surface area contributed by atoms with Crippen molar-refractivity contribution in [2.45, 2.75) is 31.0 Å². The summed E-state index contributed by atoms with van der Waals surface area (Å²) in [6, 6.07) is 3.40. The monoisotopic (exact) mass is 210 g/mol. The number of ether oxygens (including phenoxy) is 1. The maximum absolute atomic E-state index is 14.5. The molecule has 1 aliphatic rings. The van der Waals surface area contributed by atoms with Crippen LogP contribution in [0.4, 0.5) is 4.39 Å². The molecular weight excluding hydrogens is 195 g/mol. The van der Waals surface area contributed by atoms with Crippen LogP contribution in [0.3, 0.4) is 0 Å². The number of aromatic nitrogens is 1. The van der Waals surface area contributed by atoms with E-state index in [-0.39, 0.29) is 6.04 Å². The van der Waals surface area contributed by atoms with Crippen LogP contribution in [0.1, 0.15) is 25.0 Å². The van der Waals surface area contributed by atoms with Gasteiger partial charge < -0.3 is 10.5 Å². The molecule has 15 heavy (non-hydrogen) atoms. The van der Waals surface area contributed by atoms with Gasteiger partial charge in [-0.25, -0.2) is 4.39 Å². The van der Waals surface area contributed by atoms with Crippen LogP contribution in [0.15, 0.2) is 18.3 Å². The highest BCUT2D eigenvalue weighted by atomic mass is 19.1. The van der Waals surface area contributed by atoms with Crippen molar-refractivity contribution in [3.8, 4) is 5.75 Å². The van der Waals surface area contributed by atoms with E-state index in [1.54, 1.807) is 18.3 Å². The molecular formula is C11H15FN2O. The first-order valence-electron chi connectivity index (χ1n) is 5.10. The van der Waals surface area contributed by atoms with Crippen molar-refractivity contribution in [3.05, 3.63) is 24.0 Å². The summed E-state index contributed by atoms with van der Waals surface area (Å²) in [7, 11) is 1.53. The lowest BCUT2D eigenvalue weighted by molar-refractivity contribution is 0.160. The third kappa shape index (κ3) is 1.81. The Labute approximate surface area is 88.5 Å². The Morgan fingerprint density at radius 3 is 3.07 bits per heavy atom. The zero-order valence-corrected chi connectivity index (χ0v) is 8.74. The fourth-order valence-corrected chi connectivity index (χ4v) is 2.14. The Kier molecular flexibility index (Phi) is 2.61. The molecule has 2 unspecified atom stereocenters. The summed E-state index contributed by atoms with van der Waals surface area (Å²) in [5.41, 5.74) is 4.71. The second kappa shape index (κ2) is 3.77. The van der Waals surface area contributed by atoms with Crippen LogP contribution < -0.4 is 10.5 Å². The highest BCUT2D eigenvalue weighted by Crippen LogP contribution is 2.44. The van der Waals surface area contributed by atoms with Crippen LogP contribution in [0.25, 0.3) is 0 Å². The topological polar surface area (TPSA) is 48.1 Å². The smallest absolute Gasteiger partial charge is 0.158 e. The van der Waals surface area contributed by atoms with Crippen molar-refractivity contribution >= 4 is 0 Å². The average molecular weight is 210 g/mol. The number of hydrogen-bond donors (Lipinski definition) is 1. The van der Waals surface area contributed by atoms with E-state index in [9.17, 15) is 4.39 Å². The van der Waals surface area contributed by atoms with Crippen LogP contribution in [0, 0.1) is 0 Å². The third-order valence-corrected chi connectivity index (χ3v) is 2.91. The minimum absolute atomic E-state index is 0.0679. The standard InChI is InChI=1S/C11H15FN2O/c1-15-9-3-2-6-14-10(9)11(12)5-4-8(13)7-11/h2-3,6,8H,4-5,7,13H2,1H3. The molecule has 82 valence electrons. The van der Waals surface area contributed by atoms with Gasteiger partial charge >= 0.3 is 0 Å². The van der Waals surface area contributed by atoms with Crippen molar-refractivity contribution in [2.24, 2.45) is 5.73 Å². The second-order valence-electron chi connectivity index (χ2n) is 4.02. The predicted molar refractivity (Wildman–Crippen MR) is 55.4 cm³/mol. The van der Waals surface area contributed by atoms with Gasteiger partial charge in [0.2, 0.25) is 0 Å². The van der Waals surface area contributed by atoms with E-state index in [0.29, 0.717) is 30.7 Å². The van der Waals surface area contributed by atoms with E-state index in [0.717, 1.165) is 0 Å². The Bertz CT molecular complexity index is 358. The van der Waals surface area contributed by atoms with Gasteiger partial charge in [-0.1, -0.05) is 0 Å². The number of nitrogens with zero attached hydrogens (tertiary/aromatic N) is 1. The number of nitrogens with two attached hydrogens (primary N) is 1. The van der Waals surface area contributed by atoms with E-state index in [2.05, 4.69) is 4.98 Å². The normalized spacial score (nSPS) is 30.5. The van der Waals surface area contributed by atoms with Gasteiger partial charge in [0.05, 0.1) is 7.11 Å². The quantitative estimate of drug-likeness (QED) is 0.809. The molecule has 1 aliphatic carbocycles. The molecule has 4 heteroatoms. The molecule has 0 spiro atoms. The average Bonchev–Trinajstić information content (AvgIpc) is 2.60. The number of methoxy groups -OCH3 is 1. The van der Waals surface area contributed by atoms with Gasteiger partial charge in [0, 0.05) is 18.7 Å². The van der Waals surface area contributed by atoms with Crippen molar-refractivity contribution in [1.82, 2.24) is 4.98 Å². The summed E-state index contributed by atoms with van der Waals surface area (Å²) < 4.78 is 19.6. The van der Waals surface area contributed by atoms with Crippen LogP contribution in [0.2, 0.25) is 0 Å². The zero-order valence-electron chi connectivity index (χ0n) is 8.74. The van der Waals surface area contributed by atoms with E-state index in [1.165, 1.54) is 7.11 Å². The van der Waals surface area contributed by atoms with E-state index < -0.39 is 5.67 Å². The highest BCUT2D eigenvalue weighted by Gasteiger charge is 2.42. The molecule has 1 heterocycles. The molecule has 1 aromatic rings. The Morgan fingerprint density at radius 1 is 1.67 bits per heavy atom. The fourth-order valence-electron chi connectivity index (χ4n) is 2.14. The molecule has 3 nitrogen and oxygen atoms in total. The summed E-state index contributed by atoms with van der Waals surface area (Å²) in [4.78, 5) is 4.08. The van der Waals surface area contributed by atoms with Crippen LogP contribution in [-0.2, 0) is 5.67 Å². The van der Waals surface area contributed by atoms with Gasteiger partial charge in [-0.05, 0) is 25.0 Å². The minimum Gasteiger partial charge on any atom is -0.495 e. The highest BCUT2D eigenvalue weighted by molar-refractivity contribution is 5.32. The third-order valence-electron chi connectivity index (χ3n) is 2.91. The number of halogens is 1. The number of pyridine rings is 1. The van der Waals surface area contributed by atoms with Crippen LogP contribution >= 0.6 is 0 Å². The molecule has 0 bridgehead atoms. The first-order valence-corrected chi connectivity index (χ1v) is 5.10. The molecule has 1 saturated carbocycles. The number of alkyl halides is 1. The lowest BCUT2D eigenvalue weighted by Gasteiger charge is -2.20. The van der Waals surface area contributed by atoms with Crippen LogP contribution in [-0.4, -0.2) is 18.1 Å². The number of hydrogen-bond acceptors (Lipinski definition) is 3. The van der Waals surface area contributed by atoms with Gasteiger partial charge in [-0.15, -0.1) is 0 Å². The fraction of sp³-hybridized carbons (Fsp3) is 0.545. The lowest BCUT2D eigenvalue weighted by atomic mass is 9.98. The van der Waals surface area contributed by atoms with Crippen molar-refractivity contribution < 1.29 is 9.13 Å². The van der Waals surface area contributed by atoms with Crippen molar-refractivity contribution in [3.63, 3.8) is 0 Å². The first-order chi connectivity index (χ1) is 7.15. The summed E-state index contributed by atoms with van der Waals surface area (Å²) in [5, 5.41) is 0. The second-order valence-corrected chi connectivity index (χ2v) is 4.02. The van der Waals surface area contributed by atoms with E-state index in [4.69, 9.17) is 10.5 Å². The molecule has 2 N–H and O–H groups in total. The predicted octanol–water partition coefficient (Wildman–Crippen LogP) is 1.77. The summed E-state index contributed by atoms with van der Waals surface area (Å²) >= 11 is 0. The Hall–Kier alpha value is -1.16. The minimum atomic E-state index is -1.41. The molecule has 1 fully saturated rings. The first kappa shape index (κ1) is 10.4. The summed E-state index contributed by atoms with van der Waals surface area (Å²) in [6.45, 7) is 0. The van der Waals surface area contributed by atoms with Crippen molar-refractivity contribution in [2.75, 3.05) is 7.11 Å². The van der Waals surface area contributed by atoms with E-state index >= 15 is 0 Å². The van der Waals surface area contributed by atoms with Crippen LogP contribution in [0.5, 0.6) is 5.75 Å². The molecule has 0 amide bonds. The SMILES string of the molecule is COc1cccnc1C1(F)CCC(N)C1. The Morgan fingerprint density at radius 2 is 2.47 bits per heavy atom. The van der Waals surface area contributed by atoms with Gasteiger partial charge in [0.25, 0.3) is 0 Å². The molecule has 0 aromatic carbocycles. The molecule has 0 aliphatic heterocycles. The van der Waals surface area contributed by atoms with E-state index in [1.807, 2.05) is 0 Å². The van der Waals surface area contributed by atoms with Gasteiger partial charge in [-0.3, -0.25) is 4.98 Å². The molecule has 2 rings (SSSR count). The summed E-state index contributed by atoms with van der Waals surface area (Å²) in [5.74, 6) is 0.508.